The van der Waals surface area contributed by atoms with Crippen LogP contribution >= 0.6 is 12.2 Å². The van der Waals surface area contributed by atoms with Gasteiger partial charge in [-0.05, 0) is 24.6 Å². The van der Waals surface area contributed by atoms with Crippen LogP contribution in [-0.2, 0) is 6.54 Å². The number of hydrogen-bond donors (Lipinski definition) is 2. The van der Waals surface area contributed by atoms with E-state index in [-0.39, 0.29) is 10.9 Å². The summed E-state index contributed by atoms with van der Waals surface area (Å²) in [6, 6.07) is 5.16. The monoisotopic (exact) mass is 289 g/mol. The third-order valence-electron chi connectivity index (χ3n) is 2.69. The number of aromatic nitrogens is 3. The number of carbonyl (C=O) groups is 1. The molecule has 1 amide bonds. The fraction of sp³-hybridized carbons (Fsp3) is 0.231. The van der Waals surface area contributed by atoms with Crippen molar-refractivity contribution in [3.8, 4) is 0 Å². The van der Waals surface area contributed by atoms with Crippen molar-refractivity contribution in [3.05, 3.63) is 48.0 Å². The van der Waals surface area contributed by atoms with Crippen LogP contribution in [0.3, 0.4) is 0 Å². The molecule has 0 aliphatic heterocycles. The van der Waals surface area contributed by atoms with Crippen molar-refractivity contribution < 1.29 is 4.79 Å². The first kappa shape index (κ1) is 14.1. The molecule has 3 N–H and O–H groups in total. The minimum absolute atomic E-state index is 0.208. The van der Waals surface area contributed by atoms with Crippen molar-refractivity contribution in [1.82, 2.24) is 20.1 Å². The Morgan fingerprint density at radius 2 is 2.30 bits per heavy atom. The second-order valence-corrected chi connectivity index (χ2v) is 4.61. The van der Waals surface area contributed by atoms with Crippen molar-refractivity contribution in [2.75, 3.05) is 6.54 Å². The number of nitrogens with one attached hydrogen (secondary N) is 1. The zero-order valence-corrected chi connectivity index (χ0v) is 11.6. The zero-order chi connectivity index (χ0) is 14.4. The Labute approximate surface area is 122 Å². The van der Waals surface area contributed by atoms with Crippen LogP contribution in [0.5, 0.6) is 0 Å². The molecule has 7 heteroatoms. The number of pyridine rings is 1. The van der Waals surface area contributed by atoms with Crippen LogP contribution in [-0.4, -0.2) is 32.2 Å². The normalized spacial score (nSPS) is 10.2. The van der Waals surface area contributed by atoms with Crippen LogP contribution in [0.4, 0.5) is 0 Å². The van der Waals surface area contributed by atoms with Gasteiger partial charge in [-0.25, -0.2) is 0 Å². The van der Waals surface area contributed by atoms with Gasteiger partial charge in [0.2, 0.25) is 0 Å². The number of carbonyl (C=O) groups excluding carboxylic acids is 1. The number of nitrogens with zero attached hydrogens (tertiary/aromatic N) is 3. The van der Waals surface area contributed by atoms with Crippen molar-refractivity contribution in [2.45, 2.75) is 13.0 Å². The van der Waals surface area contributed by atoms with E-state index in [1.807, 2.05) is 16.9 Å². The molecule has 0 bridgehead atoms. The summed E-state index contributed by atoms with van der Waals surface area (Å²) in [5.41, 5.74) is 6.47. The predicted octanol–water partition coefficient (Wildman–Crippen LogP) is 0.732. The molecule has 104 valence electrons. The molecule has 6 nitrogen and oxygen atoms in total. The molecular formula is C13H15N5OS. The maximum Gasteiger partial charge on any atom is 0.269 e. The summed E-state index contributed by atoms with van der Waals surface area (Å²) in [5, 5.41) is 6.89. The SMILES string of the molecule is NC(=S)c1ccc(C(=O)NCCCn2cccn2)nc1. The second-order valence-electron chi connectivity index (χ2n) is 4.17. The van der Waals surface area contributed by atoms with Crippen molar-refractivity contribution in [2.24, 2.45) is 5.73 Å². The Morgan fingerprint density at radius 1 is 1.45 bits per heavy atom. The lowest BCUT2D eigenvalue weighted by Gasteiger charge is -2.05. The highest BCUT2D eigenvalue weighted by Gasteiger charge is 2.06. The molecule has 0 aliphatic rings. The molecule has 0 aliphatic carbocycles. The number of nitrogens with two attached hydrogens (primary N) is 1. The van der Waals surface area contributed by atoms with Crippen LogP contribution < -0.4 is 11.1 Å². The van der Waals surface area contributed by atoms with Gasteiger partial charge in [0.1, 0.15) is 10.7 Å². The third kappa shape index (κ3) is 3.86. The summed E-state index contributed by atoms with van der Waals surface area (Å²) in [6.07, 6.45) is 5.92. The molecular weight excluding hydrogens is 274 g/mol. The van der Waals surface area contributed by atoms with Gasteiger partial charge in [0.15, 0.2) is 0 Å². The molecule has 0 spiro atoms. The Balaban J connectivity index is 1.78. The van der Waals surface area contributed by atoms with E-state index in [1.54, 1.807) is 18.3 Å². The van der Waals surface area contributed by atoms with Crippen LogP contribution in [0.15, 0.2) is 36.8 Å². The first-order valence-electron chi connectivity index (χ1n) is 6.18. The highest BCUT2D eigenvalue weighted by molar-refractivity contribution is 7.80. The highest BCUT2D eigenvalue weighted by Crippen LogP contribution is 2.00. The summed E-state index contributed by atoms with van der Waals surface area (Å²) in [4.78, 5) is 16.1. The standard InChI is InChI=1S/C13H15N5OS/c14-12(20)10-3-4-11(16-9-10)13(19)15-5-1-7-18-8-2-6-17-18/h2-4,6,8-9H,1,5,7H2,(H2,14,20)(H,15,19). The number of amides is 1. The number of thiocarbonyl (C=S) groups is 1. The first-order chi connectivity index (χ1) is 9.66. The van der Waals surface area contributed by atoms with Crippen LogP contribution in [0.1, 0.15) is 22.5 Å². The minimum atomic E-state index is -0.208. The van der Waals surface area contributed by atoms with Gasteiger partial charge >= 0.3 is 0 Å². The van der Waals surface area contributed by atoms with E-state index in [1.165, 1.54) is 6.20 Å². The van der Waals surface area contributed by atoms with E-state index < -0.39 is 0 Å². The highest BCUT2D eigenvalue weighted by atomic mass is 32.1. The average molecular weight is 289 g/mol. The van der Waals surface area contributed by atoms with Crippen molar-refractivity contribution >= 4 is 23.1 Å². The van der Waals surface area contributed by atoms with E-state index in [2.05, 4.69) is 15.4 Å². The van der Waals surface area contributed by atoms with E-state index in [9.17, 15) is 4.79 Å². The van der Waals surface area contributed by atoms with E-state index in [0.29, 0.717) is 17.8 Å². The van der Waals surface area contributed by atoms with Crippen molar-refractivity contribution in [3.63, 3.8) is 0 Å². The molecule has 0 aromatic carbocycles. The molecule has 2 rings (SSSR count). The van der Waals surface area contributed by atoms with E-state index in [4.69, 9.17) is 18.0 Å². The maximum absolute atomic E-state index is 11.8. The quantitative estimate of drug-likeness (QED) is 0.605. The molecule has 0 saturated carbocycles. The largest absolute Gasteiger partial charge is 0.389 e. The second kappa shape index (κ2) is 6.76. The molecule has 0 saturated heterocycles. The van der Waals surface area contributed by atoms with Crippen LogP contribution in [0.25, 0.3) is 0 Å². The van der Waals surface area contributed by atoms with Gasteiger partial charge in [0.25, 0.3) is 5.91 Å². The van der Waals surface area contributed by atoms with Gasteiger partial charge < -0.3 is 11.1 Å². The topological polar surface area (TPSA) is 85.8 Å². The molecule has 2 aromatic rings. The fourth-order valence-electron chi connectivity index (χ4n) is 1.64. The van der Waals surface area contributed by atoms with Gasteiger partial charge in [-0.1, -0.05) is 12.2 Å². The molecule has 2 aromatic heterocycles. The molecule has 0 atom stereocenters. The van der Waals surface area contributed by atoms with Gasteiger partial charge in [-0.2, -0.15) is 5.10 Å². The van der Waals surface area contributed by atoms with Crippen molar-refractivity contribution in [1.29, 1.82) is 0 Å². The lowest BCUT2D eigenvalue weighted by atomic mass is 10.2. The maximum atomic E-state index is 11.8. The number of hydrogen-bond acceptors (Lipinski definition) is 4. The van der Waals surface area contributed by atoms with Gasteiger partial charge in [-0.3, -0.25) is 14.5 Å². The smallest absolute Gasteiger partial charge is 0.269 e. The molecule has 2 heterocycles. The molecule has 0 unspecified atom stereocenters. The van der Waals surface area contributed by atoms with Gasteiger partial charge in [-0.15, -0.1) is 0 Å². The fourth-order valence-corrected chi connectivity index (χ4v) is 1.76. The predicted molar refractivity (Wildman–Crippen MR) is 79.3 cm³/mol. The van der Waals surface area contributed by atoms with Gasteiger partial charge in [0, 0.05) is 37.2 Å². The summed E-state index contributed by atoms with van der Waals surface area (Å²) in [6.45, 7) is 1.33. The van der Waals surface area contributed by atoms with Gasteiger partial charge in [0.05, 0.1) is 0 Å². The Kier molecular flexibility index (Phi) is 4.78. The summed E-state index contributed by atoms with van der Waals surface area (Å²) in [7, 11) is 0. The summed E-state index contributed by atoms with van der Waals surface area (Å²) < 4.78 is 1.82. The Bertz CT molecular complexity index is 579. The Morgan fingerprint density at radius 3 is 2.90 bits per heavy atom. The lowest BCUT2D eigenvalue weighted by Crippen LogP contribution is -2.26. The average Bonchev–Trinajstić information content (AvgIpc) is 2.96. The molecule has 20 heavy (non-hydrogen) atoms. The Hall–Kier alpha value is -2.28. The molecule has 0 radical (unpaired) electrons. The molecule has 0 fully saturated rings. The van der Waals surface area contributed by atoms with E-state index in [0.717, 1.165) is 13.0 Å². The van der Waals surface area contributed by atoms with Crippen LogP contribution in [0, 0.1) is 0 Å². The van der Waals surface area contributed by atoms with E-state index >= 15 is 0 Å². The third-order valence-corrected chi connectivity index (χ3v) is 2.93. The zero-order valence-electron chi connectivity index (χ0n) is 10.8. The minimum Gasteiger partial charge on any atom is -0.389 e. The summed E-state index contributed by atoms with van der Waals surface area (Å²) in [5.74, 6) is -0.208. The number of rotatable bonds is 6. The summed E-state index contributed by atoms with van der Waals surface area (Å²) >= 11 is 4.82. The number of aryl methyl sites for hydroxylation is 1. The lowest BCUT2D eigenvalue weighted by molar-refractivity contribution is 0.0947. The first-order valence-corrected chi connectivity index (χ1v) is 6.59. The van der Waals surface area contributed by atoms with Crippen LogP contribution in [0.2, 0.25) is 0 Å².